The third-order valence-electron chi connectivity index (χ3n) is 2.08. The van der Waals surface area contributed by atoms with Crippen molar-refractivity contribution >= 4 is 28.9 Å². The topological polar surface area (TPSA) is 66.9 Å². The fourth-order valence-electron chi connectivity index (χ4n) is 1.26. The van der Waals surface area contributed by atoms with E-state index in [1.807, 2.05) is 11.4 Å². The van der Waals surface area contributed by atoms with Gasteiger partial charge in [-0.3, -0.25) is 4.79 Å². The molecule has 0 spiro atoms. The van der Waals surface area contributed by atoms with Crippen LogP contribution in [0.15, 0.2) is 42.3 Å². The van der Waals surface area contributed by atoms with Gasteiger partial charge in [-0.1, -0.05) is 12.1 Å². The van der Waals surface area contributed by atoms with Crippen LogP contribution in [0.25, 0.3) is 0 Å². The Balaban J connectivity index is 1.98. The molecule has 0 radical (unpaired) electrons. The predicted octanol–water partition coefficient (Wildman–Crippen LogP) is 2.39. The summed E-state index contributed by atoms with van der Waals surface area (Å²) in [5.74, 6) is 0.896. The summed E-state index contributed by atoms with van der Waals surface area (Å²) in [7, 11) is 0. The molecule has 0 bridgehead atoms. The molecular formula is C12H12N4OS. The minimum Gasteiger partial charge on any atom is -0.365 e. The number of amides is 1. The molecule has 2 N–H and O–H groups in total. The first-order valence-electron chi connectivity index (χ1n) is 5.33. The molecule has 0 aromatic carbocycles. The molecule has 2 aromatic heterocycles. The lowest BCUT2D eigenvalue weighted by molar-refractivity contribution is 0.103. The minimum absolute atomic E-state index is 0.175. The quantitative estimate of drug-likeness (QED) is 0.810. The molecule has 2 rings (SSSR count). The van der Waals surface area contributed by atoms with Crippen LogP contribution in [0.3, 0.4) is 0 Å². The normalized spacial score (nSPS) is 9.78. The Hall–Kier alpha value is -2.21. The van der Waals surface area contributed by atoms with Crippen LogP contribution in [0.5, 0.6) is 0 Å². The third kappa shape index (κ3) is 3.14. The van der Waals surface area contributed by atoms with Crippen molar-refractivity contribution in [1.29, 1.82) is 0 Å². The van der Waals surface area contributed by atoms with Crippen LogP contribution >= 0.6 is 11.3 Å². The number of thiophene rings is 1. The Morgan fingerprint density at radius 3 is 2.72 bits per heavy atom. The summed E-state index contributed by atoms with van der Waals surface area (Å²) in [4.78, 5) is 12.4. The van der Waals surface area contributed by atoms with E-state index in [0.29, 0.717) is 23.1 Å². The molecule has 0 aliphatic carbocycles. The second kappa shape index (κ2) is 5.92. The van der Waals surface area contributed by atoms with Crippen molar-refractivity contribution in [3.05, 3.63) is 47.2 Å². The van der Waals surface area contributed by atoms with Gasteiger partial charge in [-0.2, -0.15) is 0 Å². The number of hydrogen-bond donors (Lipinski definition) is 2. The molecule has 2 aromatic rings. The van der Waals surface area contributed by atoms with Crippen LogP contribution in [-0.4, -0.2) is 22.6 Å². The minimum atomic E-state index is -0.175. The maximum atomic E-state index is 11.7. The summed E-state index contributed by atoms with van der Waals surface area (Å²) in [6, 6.07) is 7.03. The van der Waals surface area contributed by atoms with Gasteiger partial charge >= 0.3 is 0 Å². The summed E-state index contributed by atoms with van der Waals surface area (Å²) in [6.07, 6.45) is 1.73. The van der Waals surface area contributed by atoms with E-state index in [-0.39, 0.29) is 5.91 Å². The first-order chi connectivity index (χ1) is 8.79. The molecule has 0 atom stereocenters. The molecule has 1 amide bonds. The molecule has 6 heteroatoms. The van der Waals surface area contributed by atoms with Crippen molar-refractivity contribution in [3.63, 3.8) is 0 Å². The highest BCUT2D eigenvalue weighted by Crippen LogP contribution is 2.12. The summed E-state index contributed by atoms with van der Waals surface area (Å²) in [5.41, 5.74) is 0. The number of rotatable bonds is 5. The van der Waals surface area contributed by atoms with Gasteiger partial charge in [-0.25, -0.2) is 0 Å². The number of nitrogens with one attached hydrogen (secondary N) is 2. The Bertz CT molecular complexity index is 522. The Kier molecular flexibility index (Phi) is 4.03. The van der Waals surface area contributed by atoms with Gasteiger partial charge in [0.25, 0.3) is 5.91 Å². The molecule has 5 nitrogen and oxygen atoms in total. The van der Waals surface area contributed by atoms with Crippen molar-refractivity contribution < 1.29 is 4.79 Å². The van der Waals surface area contributed by atoms with E-state index in [1.165, 1.54) is 11.3 Å². The van der Waals surface area contributed by atoms with Crippen molar-refractivity contribution in [3.8, 4) is 0 Å². The van der Waals surface area contributed by atoms with Crippen molar-refractivity contribution in [1.82, 2.24) is 10.2 Å². The highest BCUT2D eigenvalue weighted by molar-refractivity contribution is 7.12. The third-order valence-corrected chi connectivity index (χ3v) is 2.95. The molecule has 0 aliphatic rings. The molecule has 18 heavy (non-hydrogen) atoms. The van der Waals surface area contributed by atoms with Crippen LogP contribution in [0.2, 0.25) is 0 Å². The lowest BCUT2D eigenvalue weighted by atomic mass is 10.4. The number of carbonyl (C=O) groups is 1. The smallest absolute Gasteiger partial charge is 0.266 e. The molecule has 0 fully saturated rings. The van der Waals surface area contributed by atoms with E-state index in [4.69, 9.17) is 0 Å². The monoisotopic (exact) mass is 260 g/mol. The zero-order valence-corrected chi connectivity index (χ0v) is 10.4. The Morgan fingerprint density at radius 1 is 1.33 bits per heavy atom. The van der Waals surface area contributed by atoms with Crippen molar-refractivity contribution in [2.24, 2.45) is 0 Å². The highest BCUT2D eigenvalue weighted by Gasteiger charge is 2.07. The van der Waals surface area contributed by atoms with Gasteiger partial charge in [0.2, 0.25) is 0 Å². The van der Waals surface area contributed by atoms with Gasteiger partial charge < -0.3 is 10.6 Å². The molecule has 0 aliphatic heterocycles. The first-order valence-corrected chi connectivity index (χ1v) is 6.21. The van der Waals surface area contributed by atoms with Crippen LogP contribution in [0, 0.1) is 0 Å². The molecule has 92 valence electrons. The van der Waals surface area contributed by atoms with Crippen molar-refractivity contribution in [2.75, 3.05) is 17.2 Å². The lowest BCUT2D eigenvalue weighted by Crippen LogP contribution is -2.12. The predicted molar refractivity (Wildman–Crippen MR) is 73.0 cm³/mol. The summed E-state index contributed by atoms with van der Waals surface area (Å²) in [5, 5.41) is 15.4. The number of carbonyl (C=O) groups excluding carboxylic acids is 1. The van der Waals surface area contributed by atoms with E-state index in [0.717, 1.165) is 0 Å². The van der Waals surface area contributed by atoms with E-state index >= 15 is 0 Å². The van der Waals surface area contributed by atoms with Crippen LogP contribution in [0.4, 0.5) is 11.6 Å². The average molecular weight is 260 g/mol. The van der Waals surface area contributed by atoms with E-state index in [2.05, 4.69) is 27.4 Å². The number of aromatic nitrogens is 2. The van der Waals surface area contributed by atoms with Gasteiger partial charge in [0.1, 0.15) is 5.82 Å². The van der Waals surface area contributed by atoms with Gasteiger partial charge in [0.05, 0.1) is 4.88 Å². The second-order valence-corrected chi connectivity index (χ2v) is 4.35. The average Bonchev–Trinajstić information content (AvgIpc) is 2.92. The standard InChI is InChI=1S/C12H12N4OS/c1-2-7-13-10-5-6-11(16-15-10)14-12(17)9-4-3-8-18-9/h2-6,8H,1,7H2,(H,13,15)(H,14,16,17). The van der Waals surface area contributed by atoms with Gasteiger partial charge in [-0.15, -0.1) is 28.1 Å². The Labute approximate surface area is 109 Å². The molecule has 2 heterocycles. The largest absolute Gasteiger partial charge is 0.365 e. The van der Waals surface area contributed by atoms with Gasteiger partial charge in [-0.05, 0) is 23.6 Å². The molecule has 0 saturated heterocycles. The molecule has 0 saturated carbocycles. The maximum Gasteiger partial charge on any atom is 0.266 e. The summed E-state index contributed by atoms with van der Waals surface area (Å²) in [6.45, 7) is 4.22. The van der Waals surface area contributed by atoms with Gasteiger partial charge in [0.15, 0.2) is 5.82 Å². The molecule has 0 unspecified atom stereocenters. The Morgan fingerprint density at radius 2 is 2.11 bits per heavy atom. The molecular weight excluding hydrogens is 248 g/mol. The highest BCUT2D eigenvalue weighted by atomic mass is 32.1. The van der Waals surface area contributed by atoms with Crippen LogP contribution in [-0.2, 0) is 0 Å². The van der Waals surface area contributed by atoms with Crippen LogP contribution < -0.4 is 10.6 Å². The van der Waals surface area contributed by atoms with Gasteiger partial charge in [0, 0.05) is 6.54 Å². The lowest BCUT2D eigenvalue weighted by Gasteiger charge is -2.04. The zero-order chi connectivity index (χ0) is 12.8. The number of anilines is 2. The fourth-order valence-corrected chi connectivity index (χ4v) is 1.87. The summed E-state index contributed by atoms with van der Waals surface area (Å²) >= 11 is 1.38. The maximum absolute atomic E-state index is 11.7. The zero-order valence-electron chi connectivity index (χ0n) is 9.59. The fraction of sp³-hybridized carbons (Fsp3) is 0.0833. The number of nitrogens with zero attached hydrogens (tertiary/aromatic N) is 2. The van der Waals surface area contributed by atoms with E-state index in [1.54, 1.807) is 24.3 Å². The SMILES string of the molecule is C=CCNc1ccc(NC(=O)c2cccs2)nn1. The first kappa shape index (κ1) is 12.3. The van der Waals surface area contributed by atoms with E-state index < -0.39 is 0 Å². The number of hydrogen-bond acceptors (Lipinski definition) is 5. The van der Waals surface area contributed by atoms with E-state index in [9.17, 15) is 4.79 Å². The second-order valence-electron chi connectivity index (χ2n) is 3.40. The summed E-state index contributed by atoms with van der Waals surface area (Å²) < 4.78 is 0. The van der Waals surface area contributed by atoms with Crippen LogP contribution in [0.1, 0.15) is 9.67 Å². The van der Waals surface area contributed by atoms with Crippen molar-refractivity contribution in [2.45, 2.75) is 0 Å².